The standard InChI is InChI=1S/C26H31FN2O3/c1-18(2)32-23-7-5-6-20(12-23)17-28-11-10-26(16-19(28)3)9-8-25(30)29(26)22-13-21(27)14-24(15-22)31-4/h5-9,12-15,18-19H,10-11,16-17H2,1-4H3/t19-,26+/m0/s1. The second-order valence-electron chi connectivity index (χ2n) is 9.05. The lowest BCUT2D eigenvalue weighted by Gasteiger charge is -2.47. The van der Waals surface area contributed by atoms with Gasteiger partial charge in [-0.05, 0) is 57.4 Å². The Morgan fingerprint density at radius 2 is 2.00 bits per heavy atom. The topological polar surface area (TPSA) is 42.0 Å². The second kappa shape index (κ2) is 8.94. The van der Waals surface area contributed by atoms with Crippen LogP contribution in [-0.2, 0) is 11.3 Å². The van der Waals surface area contributed by atoms with Crippen molar-refractivity contribution in [2.45, 2.75) is 57.8 Å². The molecule has 1 spiro atoms. The molecule has 2 aliphatic heterocycles. The number of benzene rings is 2. The Morgan fingerprint density at radius 3 is 2.72 bits per heavy atom. The van der Waals surface area contributed by atoms with Gasteiger partial charge >= 0.3 is 0 Å². The van der Waals surface area contributed by atoms with E-state index in [9.17, 15) is 9.18 Å². The van der Waals surface area contributed by atoms with Crippen LogP contribution in [0.15, 0.2) is 54.6 Å². The summed E-state index contributed by atoms with van der Waals surface area (Å²) in [4.78, 5) is 17.0. The lowest BCUT2D eigenvalue weighted by Crippen LogP contribution is -2.56. The number of hydrogen-bond acceptors (Lipinski definition) is 4. The first-order valence-corrected chi connectivity index (χ1v) is 11.2. The lowest BCUT2D eigenvalue weighted by atomic mass is 9.82. The van der Waals surface area contributed by atoms with Crippen molar-refractivity contribution in [1.82, 2.24) is 4.90 Å². The number of ether oxygens (including phenoxy) is 2. The van der Waals surface area contributed by atoms with E-state index in [4.69, 9.17) is 9.47 Å². The molecule has 0 aliphatic carbocycles. The minimum Gasteiger partial charge on any atom is -0.497 e. The largest absolute Gasteiger partial charge is 0.497 e. The zero-order valence-electron chi connectivity index (χ0n) is 19.2. The minimum atomic E-state index is -0.450. The van der Waals surface area contributed by atoms with Crippen molar-refractivity contribution in [3.05, 3.63) is 66.0 Å². The van der Waals surface area contributed by atoms with Gasteiger partial charge in [-0.1, -0.05) is 18.2 Å². The summed E-state index contributed by atoms with van der Waals surface area (Å²) in [6.45, 7) is 7.88. The Kier molecular flexibility index (Phi) is 6.24. The Hall–Kier alpha value is -2.86. The predicted octanol–water partition coefficient (Wildman–Crippen LogP) is 4.95. The van der Waals surface area contributed by atoms with Crippen LogP contribution >= 0.6 is 0 Å². The first-order chi connectivity index (χ1) is 15.3. The number of piperidine rings is 1. The Morgan fingerprint density at radius 1 is 1.19 bits per heavy atom. The van der Waals surface area contributed by atoms with Gasteiger partial charge in [-0.15, -0.1) is 0 Å². The van der Waals surface area contributed by atoms with Crippen LogP contribution in [0.1, 0.15) is 39.2 Å². The van der Waals surface area contributed by atoms with Gasteiger partial charge in [0.05, 0.1) is 24.4 Å². The monoisotopic (exact) mass is 438 g/mol. The molecular formula is C26H31FN2O3. The van der Waals surface area contributed by atoms with Crippen LogP contribution in [-0.4, -0.2) is 42.1 Å². The molecule has 0 N–H and O–H groups in total. The van der Waals surface area contributed by atoms with Crippen molar-refractivity contribution in [3.63, 3.8) is 0 Å². The maximum atomic E-state index is 14.2. The highest BCUT2D eigenvalue weighted by Crippen LogP contribution is 2.41. The van der Waals surface area contributed by atoms with Gasteiger partial charge < -0.3 is 9.47 Å². The summed E-state index contributed by atoms with van der Waals surface area (Å²) in [5, 5.41) is 0. The molecule has 1 fully saturated rings. The number of carbonyl (C=O) groups excluding carboxylic acids is 1. The first kappa shape index (κ1) is 22.3. The Labute approximate surface area is 189 Å². The highest BCUT2D eigenvalue weighted by Gasteiger charge is 2.46. The SMILES string of the molecule is COc1cc(F)cc(N2C(=O)C=C[C@]23CCN(Cc2cccc(OC(C)C)c2)[C@@H](C)C3)c1. The predicted molar refractivity (Wildman–Crippen MR) is 124 cm³/mol. The van der Waals surface area contributed by atoms with E-state index in [1.165, 1.54) is 24.8 Å². The van der Waals surface area contributed by atoms with Crippen LogP contribution < -0.4 is 14.4 Å². The number of nitrogens with zero attached hydrogens (tertiary/aromatic N) is 2. The van der Waals surface area contributed by atoms with Crippen LogP contribution in [0, 0.1) is 5.82 Å². The van der Waals surface area contributed by atoms with Gasteiger partial charge in [-0.2, -0.15) is 0 Å². The van der Waals surface area contributed by atoms with Gasteiger partial charge in [0.1, 0.15) is 17.3 Å². The van der Waals surface area contributed by atoms with Crippen LogP contribution in [0.25, 0.3) is 0 Å². The normalized spacial score (nSPS) is 23.4. The molecule has 1 amide bonds. The van der Waals surface area contributed by atoms with E-state index in [1.807, 2.05) is 32.1 Å². The molecule has 0 aromatic heterocycles. The molecule has 5 nitrogen and oxygen atoms in total. The quantitative estimate of drug-likeness (QED) is 0.640. The number of anilines is 1. The summed E-state index contributed by atoms with van der Waals surface area (Å²) < 4.78 is 25.3. The van der Waals surface area contributed by atoms with E-state index >= 15 is 0 Å². The fourth-order valence-corrected chi connectivity index (χ4v) is 4.89. The van der Waals surface area contributed by atoms with Crippen molar-refractivity contribution >= 4 is 11.6 Å². The van der Waals surface area contributed by atoms with E-state index in [2.05, 4.69) is 24.0 Å². The van der Waals surface area contributed by atoms with Crippen LogP contribution in [0.5, 0.6) is 11.5 Å². The molecule has 2 aliphatic rings. The summed E-state index contributed by atoms with van der Waals surface area (Å²) in [7, 11) is 1.50. The maximum absolute atomic E-state index is 14.2. The molecule has 2 atom stereocenters. The molecule has 6 heteroatoms. The smallest absolute Gasteiger partial charge is 0.251 e. The maximum Gasteiger partial charge on any atom is 0.251 e. The number of rotatable bonds is 6. The average Bonchev–Trinajstić information content (AvgIpc) is 3.05. The summed E-state index contributed by atoms with van der Waals surface area (Å²) in [5.41, 5.74) is 1.29. The lowest BCUT2D eigenvalue weighted by molar-refractivity contribution is -0.114. The number of amides is 1. The Balaban J connectivity index is 1.52. The second-order valence-corrected chi connectivity index (χ2v) is 9.05. The van der Waals surface area contributed by atoms with Crippen molar-refractivity contribution in [2.75, 3.05) is 18.6 Å². The van der Waals surface area contributed by atoms with Crippen molar-refractivity contribution in [1.29, 1.82) is 0 Å². The molecule has 0 radical (unpaired) electrons. The van der Waals surface area contributed by atoms with Crippen molar-refractivity contribution < 1.29 is 18.7 Å². The summed E-state index contributed by atoms with van der Waals surface area (Å²) >= 11 is 0. The van der Waals surface area contributed by atoms with E-state index in [0.717, 1.165) is 31.7 Å². The van der Waals surface area contributed by atoms with Crippen molar-refractivity contribution in [2.24, 2.45) is 0 Å². The van der Waals surface area contributed by atoms with Gasteiger partial charge in [-0.3, -0.25) is 14.6 Å². The van der Waals surface area contributed by atoms with Gasteiger partial charge in [0.2, 0.25) is 0 Å². The molecule has 32 heavy (non-hydrogen) atoms. The average molecular weight is 439 g/mol. The van der Waals surface area contributed by atoms with Gasteiger partial charge in [0.25, 0.3) is 5.91 Å². The molecule has 0 unspecified atom stereocenters. The molecule has 4 rings (SSSR count). The summed E-state index contributed by atoms with van der Waals surface area (Å²) in [6.07, 6.45) is 5.30. The number of likely N-dealkylation sites (tertiary alicyclic amines) is 1. The summed E-state index contributed by atoms with van der Waals surface area (Å²) in [5.74, 6) is 0.762. The third-order valence-electron chi connectivity index (χ3n) is 6.31. The first-order valence-electron chi connectivity index (χ1n) is 11.2. The fraction of sp³-hybridized carbons (Fsp3) is 0.423. The number of hydrogen-bond donors (Lipinski definition) is 0. The molecule has 1 saturated heterocycles. The third-order valence-corrected chi connectivity index (χ3v) is 6.31. The highest BCUT2D eigenvalue weighted by atomic mass is 19.1. The number of carbonyl (C=O) groups is 1. The number of methoxy groups -OCH3 is 1. The zero-order chi connectivity index (χ0) is 22.9. The zero-order valence-corrected chi connectivity index (χ0v) is 19.2. The molecular weight excluding hydrogens is 407 g/mol. The van der Waals surface area contributed by atoms with E-state index in [1.54, 1.807) is 17.0 Å². The molecule has 2 aromatic carbocycles. The van der Waals surface area contributed by atoms with Gasteiger partial charge in [0.15, 0.2) is 0 Å². The highest BCUT2D eigenvalue weighted by molar-refractivity contribution is 6.06. The van der Waals surface area contributed by atoms with E-state index < -0.39 is 11.4 Å². The third kappa shape index (κ3) is 4.51. The van der Waals surface area contributed by atoms with Crippen molar-refractivity contribution in [3.8, 4) is 11.5 Å². The Bertz CT molecular complexity index is 1020. The van der Waals surface area contributed by atoms with Crippen LogP contribution in [0.3, 0.4) is 0 Å². The van der Waals surface area contributed by atoms with E-state index in [-0.39, 0.29) is 18.1 Å². The molecule has 0 saturated carbocycles. The van der Waals surface area contributed by atoms with Gasteiger partial charge in [0, 0.05) is 37.3 Å². The van der Waals surface area contributed by atoms with Gasteiger partial charge in [-0.25, -0.2) is 4.39 Å². The molecule has 170 valence electrons. The van der Waals surface area contributed by atoms with Crippen LogP contribution in [0.4, 0.5) is 10.1 Å². The summed E-state index contributed by atoms with van der Waals surface area (Å²) in [6, 6.07) is 12.9. The molecule has 0 bridgehead atoms. The van der Waals surface area contributed by atoms with Crippen LogP contribution in [0.2, 0.25) is 0 Å². The molecule has 2 heterocycles. The fourth-order valence-electron chi connectivity index (χ4n) is 4.89. The number of halogens is 1. The molecule has 2 aromatic rings. The van der Waals surface area contributed by atoms with E-state index in [0.29, 0.717) is 11.4 Å². The minimum absolute atomic E-state index is 0.114.